The molecule has 1 aliphatic heterocycles. The maximum Gasteiger partial charge on any atom is 0.305 e. The smallest absolute Gasteiger partial charge is 0.305 e. The molecule has 2 heterocycles. The highest BCUT2D eigenvalue weighted by Gasteiger charge is 2.27. The van der Waals surface area contributed by atoms with Crippen LogP contribution < -0.4 is 0 Å². The zero-order chi connectivity index (χ0) is 14.3. The van der Waals surface area contributed by atoms with Crippen LogP contribution >= 0.6 is 11.8 Å². The van der Waals surface area contributed by atoms with E-state index in [2.05, 4.69) is 4.57 Å². The largest absolute Gasteiger partial charge is 0.481 e. The van der Waals surface area contributed by atoms with E-state index in [0.717, 1.165) is 40.1 Å². The molecule has 1 atom stereocenters. The molecule has 5 heteroatoms. The summed E-state index contributed by atoms with van der Waals surface area (Å²) in [5, 5.41) is 9.93. The Morgan fingerprint density at radius 3 is 3.00 bits per heavy atom. The molecular weight excluding hydrogens is 277 g/mol. The van der Waals surface area contributed by atoms with Crippen LogP contribution in [0.25, 0.3) is 10.9 Å². The van der Waals surface area contributed by atoms with Crippen molar-refractivity contribution >= 4 is 28.6 Å². The van der Waals surface area contributed by atoms with Crippen molar-refractivity contribution in [2.75, 3.05) is 5.75 Å². The average molecular weight is 293 g/mol. The van der Waals surface area contributed by atoms with Crippen LogP contribution in [-0.4, -0.2) is 21.4 Å². The third-order valence-corrected chi connectivity index (χ3v) is 4.66. The lowest BCUT2D eigenvalue weighted by Gasteiger charge is -2.15. The zero-order valence-corrected chi connectivity index (χ0v) is 12.0. The van der Waals surface area contributed by atoms with Gasteiger partial charge in [-0.15, -0.1) is 11.8 Å². The summed E-state index contributed by atoms with van der Waals surface area (Å²) in [5.74, 6) is -0.146. The molecule has 106 valence electrons. The molecule has 0 amide bonds. The van der Waals surface area contributed by atoms with Gasteiger partial charge < -0.3 is 9.67 Å². The first-order valence-electron chi connectivity index (χ1n) is 6.78. The lowest BCUT2D eigenvalue weighted by Crippen LogP contribution is -2.10. The molecule has 1 aromatic heterocycles. The normalized spacial score (nSPS) is 17.6. The maximum atomic E-state index is 13.7. The van der Waals surface area contributed by atoms with Crippen molar-refractivity contribution in [1.29, 1.82) is 0 Å². The van der Waals surface area contributed by atoms with Crippen molar-refractivity contribution in [3.63, 3.8) is 0 Å². The molecule has 3 rings (SSSR count). The van der Waals surface area contributed by atoms with Crippen LogP contribution in [0.15, 0.2) is 23.1 Å². The van der Waals surface area contributed by atoms with Gasteiger partial charge in [0.2, 0.25) is 0 Å². The van der Waals surface area contributed by atoms with Crippen molar-refractivity contribution in [1.82, 2.24) is 4.57 Å². The number of fused-ring (bicyclic) bond motifs is 3. The average Bonchev–Trinajstić information content (AvgIpc) is 2.88. The van der Waals surface area contributed by atoms with Crippen molar-refractivity contribution in [3.05, 3.63) is 29.7 Å². The van der Waals surface area contributed by atoms with Gasteiger partial charge in [0, 0.05) is 22.0 Å². The second kappa shape index (κ2) is 5.13. The van der Waals surface area contributed by atoms with Gasteiger partial charge >= 0.3 is 5.97 Å². The minimum absolute atomic E-state index is 0.0123. The summed E-state index contributed by atoms with van der Waals surface area (Å²) in [7, 11) is 0. The van der Waals surface area contributed by atoms with Crippen LogP contribution in [0.2, 0.25) is 0 Å². The van der Waals surface area contributed by atoms with Crippen LogP contribution in [0.4, 0.5) is 4.39 Å². The molecule has 3 nitrogen and oxygen atoms in total. The first kappa shape index (κ1) is 13.5. The zero-order valence-electron chi connectivity index (χ0n) is 11.2. The fourth-order valence-electron chi connectivity index (χ4n) is 3.07. The minimum atomic E-state index is -0.781. The Hall–Kier alpha value is -1.49. The van der Waals surface area contributed by atoms with Gasteiger partial charge in [-0.05, 0) is 36.8 Å². The Bertz CT molecular complexity index is 680. The van der Waals surface area contributed by atoms with Crippen LogP contribution in [0.5, 0.6) is 0 Å². The van der Waals surface area contributed by atoms with Gasteiger partial charge in [0.1, 0.15) is 5.82 Å². The van der Waals surface area contributed by atoms with Gasteiger partial charge in [-0.25, -0.2) is 4.39 Å². The molecule has 2 aromatic rings. The predicted octanol–water partition coefficient (Wildman–Crippen LogP) is 3.85. The molecule has 0 radical (unpaired) electrons. The van der Waals surface area contributed by atoms with Crippen LogP contribution in [0.3, 0.4) is 0 Å². The number of thioether (sulfide) groups is 1. The maximum absolute atomic E-state index is 13.7. The van der Waals surface area contributed by atoms with Gasteiger partial charge in [0.25, 0.3) is 0 Å². The number of aryl methyl sites for hydroxylation is 1. The Morgan fingerprint density at radius 1 is 1.50 bits per heavy atom. The molecule has 0 saturated heterocycles. The summed E-state index contributed by atoms with van der Waals surface area (Å²) in [4.78, 5) is 11.9. The van der Waals surface area contributed by atoms with Crippen molar-refractivity contribution in [2.45, 2.75) is 37.1 Å². The standard InChI is InChI=1S/C15H16FNO2S/c1-2-20-13-7-10(16)5-9-6-11-3-4-12(8-14(18)19)17(11)15(9)13/h5-7,12H,2-4,8H2,1H3,(H,18,19). The molecule has 20 heavy (non-hydrogen) atoms. The molecule has 0 saturated carbocycles. The number of benzene rings is 1. The predicted molar refractivity (Wildman–Crippen MR) is 77.9 cm³/mol. The molecule has 1 aliphatic rings. The van der Waals surface area contributed by atoms with Gasteiger partial charge in [-0.1, -0.05) is 6.92 Å². The second-order valence-corrected chi connectivity index (χ2v) is 6.38. The van der Waals surface area contributed by atoms with Gasteiger partial charge in [0.15, 0.2) is 0 Å². The third kappa shape index (κ3) is 2.20. The molecule has 1 aromatic carbocycles. The number of halogens is 1. The molecule has 1 unspecified atom stereocenters. The van der Waals surface area contributed by atoms with E-state index in [1.54, 1.807) is 17.8 Å². The summed E-state index contributed by atoms with van der Waals surface area (Å²) < 4.78 is 15.8. The Morgan fingerprint density at radius 2 is 2.30 bits per heavy atom. The van der Waals surface area contributed by atoms with Gasteiger partial charge in [0.05, 0.1) is 11.9 Å². The minimum Gasteiger partial charge on any atom is -0.481 e. The summed E-state index contributed by atoms with van der Waals surface area (Å²) >= 11 is 1.60. The van der Waals surface area contributed by atoms with Crippen LogP contribution in [-0.2, 0) is 11.2 Å². The number of hydrogen-bond acceptors (Lipinski definition) is 2. The van der Waals surface area contributed by atoms with E-state index in [4.69, 9.17) is 5.11 Å². The molecule has 0 bridgehead atoms. The van der Waals surface area contributed by atoms with E-state index < -0.39 is 5.97 Å². The van der Waals surface area contributed by atoms with Crippen molar-refractivity contribution < 1.29 is 14.3 Å². The third-order valence-electron chi connectivity index (χ3n) is 3.75. The summed E-state index contributed by atoms with van der Waals surface area (Å²) in [5.41, 5.74) is 2.12. The first-order chi connectivity index (χ1) is 9.60. The number of carboxylic acids is 1. The Kier molecular flexibility index (Phi) is 3.46. The Labute approximate surface area is 120 Å². The first-order valence-corrected chi connectivity index (χ1v) is 7.76. The monoisotopic (exact) mass is 293 g/mol. The highest BCUT2D eigenvalue weighted by Crippen LogP contribution is 2.39. The topological polar surface area (TPSA) is 42.2 Å². The Balaban J connectivity index is 2.17. The second-order valence-electron chi connectivity index (χ2n) is 5.07. The van der Waals surface area contributed by atoms with Crippen molar-refractivity contribution in [2.24, 2.45) is 0 Å². The number of carbonyl (C=O) groups is 1. The lowest BCUT2D eigenvalue weighted by molar-refractivity contribution is -0.137. The number of aromatic nitrogens is 1. The molecule has 0 fully saturated rings. The van der Waals surface area contributed by atoms with E-state index in [1.165, 1.54) is 6.07 Å². The van der Waals surface area contributed by atoms with Crippen LogP contribution in [0, 0.1) is 5.82 Å². The lowest BCUT2D eigenvalue weighted by atomic mass is 10.1. The summed E-state index contributed by atoms with van der Waals surface area (Å²) in [6.07, 6.45) is 1.85. The SMILES string of the molecule is CCSc1cc(F)cc2cc3n(c12)C(CC(=O)O)CC3. The molecule has 0 aliphatic carbocycles. The fourth-order valence-corrected chi connectivity index (χ4v) is 3.93. The van der Waals surface area contributed by atoms with E-state index in [-0.39, 0.29) is 18.3 Å². The van der Waals surface area contributed by atoms with Crippen molar-refractivity contribution in [3.8, 4) is 0 Å². The highest BCUT2D eigenvalue weighted by atomic mass is 32.2. The van der Waals surface area contributed by atoms with E-state index in [0.29, 0.717) is 0 Å². The van der Waals surface area contributed by atoms with E-state index in [9.17, 15) is 9.18 Å². The number of hydrogen-bond donors (Lipinski definition) is 1. The van der Waals surface area contributed by atoms with Gasteiger partial charge in [-0.3, -0.25) is 4.79 Å². The fraction of sp³-hybridized carbons (Fsp3) is 0.400. The van der Waals surface area contributed by atoms with Crippen LogP contribution in [0.1, 0.15) is 31.5 Å². The summed E-state index contributed by atoms with van der Waals surface area (Å²) in [6.45, 7) is 2.03. The van der Waals surface area contributed by atoms with Gasteiger partial charge in [-0.2, -0.15) is 0 Å². The molecule has 0 spiro atoms. The molecule has 1 N–H and O–H groups in total. The summed E-state index contributed by atoms with van der Waals surface area (Å²) in [6, 6.07) is 5.08. The number of rotatable bonds is 4. The highest BCUT2D eigenvalue weighted by molar-refractivity contribution is 7.99. The quantitative estimate of drug-likeness (QED) is 0.871. The number of carboxylic acid groups (broad SMARTS) is 1. The van der Waals surface area contributed by atoms with E-state index in [1.807, 2.05) is 13.0 Å². The molecular formula is C15H16FNO2S. The number of aliphatic carboxylic acids is 1. The van der Waals surface area contributed by atoms with E-state index >= 15 is 0 Å². The number of nitrogens with zero attached hydrogens (tertiary/aromatic N) is 1.